The van der Waals surface area contributed by atoms with Crippen molar-refractivity contribution in [1.82, 2.24) is 14.1 Å². The van der Waals surface area contributed by atoms with E-state index in [9.17, 15) is 0 Å². The predicted octanol–water partition coefficient (Wildman–Crippen LogP) is 21.4. The van der Waals surface area contributed by atoms with E-state index in [0.29, 0.717) is 11.5 Å². The van der Waals surface area contributed by atoms with Crippen LogP contribution in [0.4, 0.5) is 34.3 Å². The van der Waals surface area contributed by atoms with E-state index < -0.39 is 5.41 Å². The van der Waals surface area contributed by atoms with E-state index in [4.69, 9.17) is 9.72 Å². The van der Waals surface area contributed by atoms with E-state index in [2.05, 4.69) is 348 Å². The Balaban J connectivity index is 1.01. The number of aromatic nitrogens is 3. The van der Waals surface area contributed by atoms with Gasteiger partial charge in [0.1, 0.15) is 0 Å². The minimum Gasteiger partial charge on any atom is -0.0618 e. The van der Waals surface area contributed by atoms with Gasteiger partial charge in [-0.1, -0.05) is 123 Å². The van der Waals surface area contributed by atoms with Gasteiger partial charge in [0.2, 0.25) is 0 Å². The molecule has 2 aliphatic heterocycles. The van der Waals surface area contributed by atoms with Crippen molar-refractivity contribution >= 4 is 45.3 Å². The fourth-order valence-electron chi connectivity index (χ4n) is 13.0. The predicted molar refractivity (Wildman–Crippen MR) is 362 cm³/mol. The number of anilines is 6. The van der Waals surface area contributed by atoms with Crippen molar-refractivity contribution in [3.8, 4) is 34.0 Å². The van der Waals surface area contributed by atoms with E-state index in [-0.39, 0.29) is 27.1 Å². The maximum atomic E-state index is 7.16. The molecule has 2 aromatic heterocycles. The zero-order valence-corrected chi connectivity index (χ0v) is 55.9. The van der Waals surface area contributed by atoms with Gasteiger partial charge in [-0.05, 0) is 63.3 Å². The van der Waals surface area contributed by atoms with Gasteiger partial charge in [-0.25, -0.2) is 0 Å². The number of pyridine rings is 1. The number of ether oxygens (including phenoxy) is 1. The fraction of sp³-hybridized carbons (Fsp3) is 0.259. The summed E-state index contributed by atoms with van der Waals surface area (Å²) in [5.41, 5.74) is 21.5. The molecule has 0 saturated carbocycles. The first kappa shape index (κ1) is 58.7. The van der Waals surface area contributed by atoms with E-state index in [0.717, 1.165) is 77.2 Å². The first-order valence-corrected chi connectivity index (χ1v) is 32.1. The molecule has 4 heterocycles. The second-order valence-electron chi connectivity index (χ2n) is 29.2. The average Bonchev–Trinajstić information content (AvgIpc) is 0.809. The Bertz CT molecular complexity index is 4490. The van der Waals surface area contributed by atoms with Crippen LogP contribution in [0.3, 0.4) is 0 Å². The van der Waals surface area contributed by atoms with Crippen molar-refractivity contribution in [2.45, 2.75) is 136 Å². The molecular weight excluding hydrogens is 1250 g/mol. The molecule has 2 aliphatic rings. The first-order chi connectivity index (χ1) is 41.7. The van der Waals surface area contributed by atoms with E-state index in [1.165, 1.54) is 44.5 Å². The van der Waals surface area contributed by atoms with E-state index in [1.807, 2.05) is 12.3 Å². The third-order valence-corrected chi connectivity index (χ3v) is 19.0. The second-order valence-corrected chi connectivity index (χ2v) is 30.2. The molecule has 0 radical (unpaired) electrons. The van der Waals surface area contributed by atoms with Gasteiger partial charge in [0.15, 0.2) is 0 Å². The van der Waals surface area contributed by atoms with Crippen molar-refractivity contribution in [2.24, 2.45) is 0 Å². The molecule has 11 aromatic rings. The molecule has 446 valence electrons. The number of benzene rings is 9. The van der Waals surface area contributed by atoms with Gasteiger partial charge >= 0.3 is 322 Å². The van der Waals surface area contributed by atoms with E-state index >= 15 is 0 Å². The molecule has 9 aromatic carbocycles. The number of nitrogens with zero attached hydrogens (tertiary/aromatic N) is 5. The molecule has 0 unspecified atom stereocenters. The molecule has 1 spiro atoms. The minimum atomic E-state index is -0.800. The Morgan fingerprint density at radius 1 is 0.386 bits per heavy atom. The van der Waals surface area contributed by atoms with Crippen molar-refractivity contribution in [3.63, 3.8) is 0 Å². The maximum absolute atomic E-state index is 7.16. The zero-order chi connectivity index (χ0) is 62.0. The van der Waals surface area contributed by atoms with Crippen molar-refractivity contribution < 1.29 is 24.1 Å². The minimum absolute atomic E-state index is 0.0701. The van der Waals surface area contributed by atoms with Crippen LogP contribution in [0.1, 0.15) is 154 Å². The Labute approximate surface area is 532 Å². The Morgan fingerprint density at radius 2 is 0.886 bits per heavy atom. The van der Waals surface area contributed by atoms with Crippen LogP contribution in [0.2, 0.25) is 0 Å². The molecule has 0 amide bonds. The van der Waals surface area contributed by atoms with Gasteiger partial charge in [0, 0.05) is 23.3 Å². The first-order valence-electron chi connectivity index (χ1n) is 30.9. The van der Waals surface area contributed by atoms with Crippen LogP contribution in [0, 0.1) is 15.9 Å². The molecule has 0 N–H and O–H groups in total. The SMILES string of the molecule is CC(C)(C)c1cc(N2c3ccccc3C3(c4ccc(Oc5[c-]c(-n6[c](=[Pt])n(-c7cc(C(C)(C)C)cc(C(C)(C)C)c7)c7cc(-c8ccccc8)ccc76)ccc5)[c-]c4N(c4cc(C(C)(C)C)ccn4)c4ccccc43)c3ccccc32)cc(C(C)(C)C)c1. The Kier molecular flexibility index (Phi) is 14.1. The summed E-state index contributed by atoms with van der Waals surface area (Å²) >= 11 is 2.52. The molecule has 88 heavy (non-hydrogen) atoms. The molecular formula is C81H79N5OPt-2. The number of hydrogen-bond acceptors (Lipinski definition) is 4. The summed E-state index contributed by atoms with van der Waals surface area (Å²) in [5.74, 6) is 1.95. The standard InChI is InChI=1S/C81H79N5O.Pt/c1-76(2,3)55-40-41-82-75(49-55)86-71-35-24-21-32-67(71)81(65-30-19-22-33-69(65)85(70-34-23-20-31-66(70)81)62-47-58(79(10,11)12)44-59(48-62)80(13,14)15)68-38-37-64(51-73(68)86)87-63-29-25-28-60(50-63)83-52-84(61-45-56(77(4,5)6)43-57(46-61)78(7,8)9)74-42-54(36-39-72(74)83)53-26-17-16-18-27-53;/h16-49H,1-15H3;/q-2;. The molecule has 0 atom stereocenters. The number of fused-ring (bicyclic) bond motifs is 9. The van der Waals surface area contributed by atoms with Crippen LogP contribution in [0.15, 0.2) is 206 Å². The third kappa shape index (κ3) is 10.1. The van der Waals surface area contributed by atoms with Crippen LogP contribution in [0.5, 0.6) is 11.5 Å². The summed E-state index contributed by atoms with van der Waals surface area (Å²) in [7, 11) is 0. The molecule has 0 bridgehead atoms. The monoisotopic (exact) mass is 1330 g/mol. The van der Waals surface area contributed by atoms with Gasteiger partial charge in [0.05, 0.1) is 0 Å². The number of imidazole rings is 1. The topological polar surface area (TPSA) is 38.5 Å². The normalized spacial score (nSPS) is 14.0. The quantitative estimate of drug-likeness (QED) is 0.149. The molecule has 0 saturated heterocycles. The fourth-order valence-corrected chi connectivity index (χ4v) is 14.1. The van der Waals surface area contributed by atoms with Crippen LogP contribution < -0.4 is 14.5 Å². The van der Waals surface area contributed by atoms with Crippen LogP contribution >= 0.6 is 0 Å². The van der Waals surface area contributed by atoms with E-state index in [1.54, 1.807) is 0 Å². The molecule has 13 rings (SSSR count). The third-order valence-electron chi connectivity index (χ3n) is 17.9. The Morgan fingerprint density at radius 3 is 1.43 bits per heavy atom. The summed E-state index contributed by atoms with van der Waals surface area (Å²) in [4.78, 5) is 10.0. The summed E-state index contributed by atoms with van der Waals surface area (Å²) < 4.78 is 12.9. The Hall–Kier alpha value is -8.31. The summed E-state index contributed by atoms with van der Waals surface area (Å²) in [6.45, 7) is 34.5. The van der Waals surface area contributed by atoms with Crippen molar-refractivity contribution in [1.29, 1.82) is 0 Å². The smallest absolute Gasteiger partial charge is 0.0618 e. The van der Waals surface area contributed by atoms with Crippen LogP contribution in [-0.4, -0.2) is 14.1 Å². The molecule has 0 aliphatic carbocycles. The average molecular weight is 1330 g/mol. The second kappa shape index (κ2) is 21.2. The van der Waals surface area contributed by atoms with Crippen LogP contribution in [0.25, 0.3) is 33.5 Å². The van der Waals surface area contributed by atoms with Gasteiger partial charge in [-0.3, -0.25) is 0 Å². The van der Waals surface area contributed by atoms with Crippen molar-refractivity contribution in [3.05, 3.63) is 272 Å². The molecule has 0 fully saturated rings. The van der Waals surface area contributed by atoms with Crippen molar-refractivity contribution in [2.75, 3.05) is 9.80 Å². The summed E-state index contributed by atoms with van der Waals surface area (Å²) in [6, 6.07) is 81.7. The molecule has 6 nitrogen and oxygen atoms in total. The van der Waals surface area contributed by atoms with Gasteiger partial charge < -0.3 is 4.90 Å². The summed E-state index contributed by atoms with van der Waals surface area (Å²) in [6.07, 6.45) is 1.95. The molecule has 7 heteroatoms. The van der Waals surface area contributed by atoms with Gasteiger partial charge in [-0.2, -0.15) is 0 Å². The number of hydrogen-bond donors (Lipinski definition) is 0. The van der Waals surface area contributed by atoms with Gasteiger partial charge in [-0.15, -0.1) is 0 Å². The number of rotatable bonds is 7. The van der Waals surface area contributed by atoms with Gasteiger partial charge in [0.25, 0.3) is 0 Å². The summed E-state index contributed by atoms with van der Waals surface area (Å²) in [5, 5.41) is 0. The van der Waals surface area contributed by atoms with Crippen LogP contribution in [-0.2, 0) is 51.8 Å². The number of para-hydroxylation sites is 3. The zero-order valence-electron chi connectivity index (χ0n) is 53.6.